The van der Waals surface area contributed by atoms with E-state index in [0.29, 0.717) is 5.69 Å². The molecule has 1 rings (SSSR count). The minimum Gasteiger partial charge on any atom is -0.444 e. The fraction of sp³-hybridized carbons (Fsp3) is 0.167. The van der Waals surface area contributed by atoms with Crippen molar-refractivity contribution < 1.29 is 14.3 Å². The number of ether oxygens (including phenoxy) is 1. The van der Waals surface area contributed by atoms with Crippen molar-refractivity contribution >= 4 is 24.3 Å². The number of anilines is 1. The van der Waals surface area contributed by atoms with Gasteiger partial charge in [-0.25, -0.2) is 4.79 Å². The third-order valence-corrected chi connectivity index (χ3v) is 2.00. The van der Waals surface area contributed by atoms with Crippen LogP contribution in [0.5, 0.6) is 0 Å². The smallest absolute Gasteiger partial charge is 0.322 e. The molecule has 5 nitrogen and oxygen atoms in total. The van der Waals surface area contributed by atoms with Crippen molar-refractivity contribution in [2.24, 2.45) is 0 Å². The predicted molar refractivity (Wildman–Crippen MR) is 65.3 cm³/mol. The molecule has 0 fully saturated rings. The van der Waals surface area contributed by atoms with Crippen LogP contribution in [-0.4, -0.2) is 18.7 Å². The van der Waals surface area contributed by atoms with E-state index in [2.05, 4.69) is 21.9 Å². The van der Waals surface area contributed by atoms with Gasteiger partial charge in [-0.2, -0.15) is 0 Å². The molecule has 0 radical (unpaired) electrons. The number of benzene rings is 1. The monoisotopic (exact) mass is 234 g/mol. The van der Waals surface area contributed by atoms with E-state index >= 15 is 0 Å². The number of nitrogens with one attached hydrogen (secondary N) is 2. The Morgan fingerprint density at radius 1 is 1.41 bits per heavy atom. The van der Waals surface area contributed by atoms with Crippen LogP contribution in [0.2, 0.25) is 0 Å². The molecule has 0 heterocycles. The summed E-state index contributed by atoms with van der Waals surface area (Å²) >= 11 is 0. The molecule has 1 aromatic rings. The van der Waals surface area contributed by atoms with Gasteiger partial charge in [0.2, 0.25) is 0 Å². The molecular weight excluding hydrogens is 220 g/mol. The Balaban J connectivity index is 2.49. The molecule has 0 aliphatic carbocycles. The highest BCUT2D eigenvalue weighted by Gasteiger charge is 2.06. The van der Waals surface area contributed by atoms with Crippen molar-refractivity contribution in [3.8, 4) is 0 Å². The van der Waals surface area contributed by atoms with E-state index < -0.39 is 12.3 Å². The van der Waals surface area contributed by atoms with Gasteiger partial charge in [-0.1, -0.05) is 24.8 Å². The van der Waals surface area contributed by atoms with Crippen LogP contribution in [0, 0.1) is 0 Å². The molecule has 0 spiro atoms. The lowest BCUT2D eigenvalue weighted by atomic mass is 10.2. The molecule has 1 unspecified atom stereocenters. The minimum absolute atomic E-state index is 0.282. The first-order valence-electron chi connectivity index (χ1n) is 5.05. The van der Waals surface area contributed by atoms with Crippen LogP contribution < -0.4 is 10.6 Å². The zero-order chi connectivity index (χ0) is 12.7. The van der Waals surface area contributed by atoms with E-state index in [0.717, 1.165) is 5.56 Å². The Kier molecular flexibility index (Phi) is 4.75. The molecule has 0 saturated heterocycles. The van der Waals surface area contributed by atoms with Crippen LogP contribution >= 0.6 is 0 Å². The average molecular weight is 234 g/mol. The molecule has 90 valence electrons. The maximum absolute atomic E-state index is 11.4. The SMILES string of the molecule is C=Cc1ccc(NC(=O)NC(C)OC=O)cc1. The Morgan fingerprint density at radius 2 is 2.06 bits per heavy atom. The maximum Gasteiger partial charge on any atom is 0.322 e. The summed E-state index contributed by atoms with van der Waals surface area (Å²) in [6.45, 7) is 5.46. The summed E-state index contributed by atoms with van der Waals surface area (Å²) in [5, 5.41) is 5.04. The van der Waals surface area contributed by atoms with Gasteiger partial charge >= 0.3 is 6.03 Å². The van der Waals surface area contributed by atoms with Gasteiger partial charge in [0.1, 0.15) is 0 Å². The van der Waals surface area contributed by atoms with Crippen molar-refractivity contribution in [1.29, 1.82) is 0 Å². The van der Waals surface area contributed by atoms with Gasteiger partial charge in [-0.05, 0) is 24.6 Å². The lowest BCUT2D eigenvalue weighted by Gasteiger charge is -2.12. The molecule has 1 atom stereocenters. The highest BCUT2D eigenvalue weighted by molar-refractivity contribution is 5.89. The first-order chi connectivity index (χ1) is 8.15. The minimum atomic E-state index is -0.667. The van der Waals surface area contributed by atoms with E-state index in [9.17, 15) is 9.59 Å². The molecule has 5 heteroatoms. The van der Waals surface area contributed by atoms with Crippen LogP contribution in [-0.2, 0) is 9.53 Å². The van der Waals surface area contributed by atoms with Crippen LogP contribution in [0.25, 0.3) is 6.08 Å². The number of carbonyl (C=O) groups is 2. The van der Waals surface area contributed by atoms with E-state index in [1.165, 1.54) is 0 Å². The third kappa shape index (κ3) is 4.38. The zero-order valence-electron chi connectivity index (χ0n) is 9.47. The Morgan fingerprint density at radius 3 is 2.59 bits per heavy atom. The zero-order valence-corrected chi connectivity index (χ0v) is 9.47. The maximum atomic E-state index is 11.4. The number of amides is 2. The largest absolute Gasteiger partial charge is 0.444 e. The Bertz CT molecular complexity index is 401. The number of urea groups is 1. The van der Waals surface area contributed by atoms with Crippen LogP contribution in [0.15, 0.2) is 30.8 Å². The van der Waals surface area contributed by atoms with E-state index in [1.54, 1.807) is 25.1 Å². The van der Waals surface area contributed by atoms with Crippen molar-refractivity contribution in [2.75, 3.05) is 5.32 Å². The first-order valence-corrected chi connectivity index (χ1v) is 5.05. The van der Waals surface area contributed by atoms with Crippen molar-refractivity contribution in [3.05, 3.63) is 36.4 Å². The molecule has 2 N–H and O–H groups in total. The third-order valence-electron chi connectivity index (χ3n) is 2.00. The highest BCUT2D eigenvalue weighted by atomic mass is 16.5. The summed E-state index contributed by atoms with van der Waals surface area (Å²) in [6.07, 6.45) is 1.05. The first kappa shape index (κ1) is 12.8. The fourth-order valence-corrected chi connectivity index (χ4v) is 1.17. The van der Waals surface area contributed by atoms with Gasteiger partial charge in [-0.3, -0.25) is 4.79 Å². The molecular formula is C12H14N2O3. The lowest BCUT2D eigenvalue weighted by molar-refractivity contribution is -0.133. The van der Waals surface area contributed by atoms with Gasteiger partial charge in [0, 0.05) is 5.69 Å². The summed E-state index contributed by atoms with van der Waals surface area (Å²) in [6, 6.07) is 6.72. The van der Waals surface area contributed by atoms with Crippen molar-refractivity contribution in [2.45, 2.75) is 13.2 Å². The quantitative estimate of drug-likeness (QED) is 0.604. The second kappa shape index (κ2) is 6.32. The van der Waals surface area contributed by atoms with E-state index in [1.807, 2.05) is 12.1 Å². The van der Waals surface area contributed by atoms with E-state index in [-0.39, 0.29) is 6.47 Å². The molecule has 0 aromatic heterocycles. The molecule has 1 aromatic carbocycles. The Hall–Kier alpha value is -2.30. The molecule has 0 aliphatic rings. The van der Waals surface area contributed by atoms with Crippen molar-refractivity contribution in [1.82, 2.24) is 5.32 Å². The van der Waals surface area contributed by atoms with Crippen molar-refractivity contribution in [3.63, 3.8) is 0 Å². The Labute approximate surface area is 99.5 Å². The topological polar surface area (TPSA) is 67.4 Å². The summed E-state index contributed by atoms with van der Waals surface area (Å²) in [7, 11) is 0. The predicted octanol–water partition coefficient (Wildman–Crippen LogP) is 1.97. The van der Waals surface area contributed by atoms with Crippen LogP contribution in [0.3, 0.4) is 0 Å². The second-order valence-electron chi connectivity index (χ2n) is 3.30. The lowest BCUT2D eigenvalue weighted by Crippen LogP contribution is -2.37. The highest BCUT2D eigenvalue weighted by Crippen LogP contribution is 2.09. The van der Waals surface area contributed by atoms with Crippen LogP contribution in [0.1, 0.15) is 12.5 Å². The van der Waals surface area contributed by atoms with Crippen LogP contribution in [0.4, 0.5) is 10.5 Å². The van der Waals surface area contributed by atoms with Gasteiger partial charge in [0.25, 0.3) is 6.47 Å². The van der Waals surface area contributed by atoms with Gasteiger partial charge < -0.3 is 15.4 Å². The van der Waals surface area contributed by atoms with Gasteiger partial charge in [-0.15, -0.1) is 0 Å². The molecule has 17 heavy (non-hydrogen) atoms. The summed E-state index contributed by atoms with van der Waals surface area (Å²) in [4.78, 5) is 21.4. The number of hydrogen-bond donors (Lipinski definition) is 2. The number of carbonyl (C=O) groups excluding carboxylic acids is 2. The number of rotatable bonds is 5. The second-order valence-corrected chi connectivity index (χ2v) is 3.30. The van der Waals surface area contributed by atoms with Gasteiger partial charge in [0.05, 0.1) is 0 Å². The van der Waals surface area contributed by atoms with Gasteiger partial charge in [0.15, 0.2) is 6.23 Å². The normalized spacial score (nSPS) is 11.1. The molecule has 2 amide bonds. The molecule has 0 saturated carbocycles. The molecule has 0 aliphatic heterocycles. The summed E-state index contributed by atoms with van der Waals surface area (Å²) in [5.41, 5.74) is 1.61. The fourth-order valence-electron chi connectivity index (χ4n) is 1.17. The molecule has 0 bridgehead atoms. The average Bonchev–Trinajstić information content (AvgIpc) is 2.30. The standard InChI is InChI=1S/C12H14N2O3/c1-3-10-4-6-11(7-5-10)14-12(16)13-9(2)17-8-15/h3-9H,1H2,2H3,(H2,13,14,16). The van der Waals surface area contributed by atoms with E-state index in [4.69, 9.17) is 0 Å². The summed E-state index contributed by atoms with van der Waals surface area (Å²) < 4.78 is 4.52. The summed E-state index contributed by atoms with van der Waals surface area (Å²) in [5.74, 6) is 0. The number of hydrogen-bond acceptors (Lipinski definition) is 3.